The van der Waals surface area contributed by atoms with Crippen molar-refractivity contribution in [2.75, 3.05) is 0 Å². The van der Waals surface area contributed by atoms with Gasteiger partial charge in [0.25, 0.3) is 5.69 Å². The van der Waals surface area contributed by atoms with E-state index >= 15 is 0 Å². The molecule has 0 amide bonds. The molecule has 2 aromatic heterocycles. The van der Waals surface area contributed by atoms with E-state index in [4.69, 9.17) is 9.72 Å². The molecule has 7 heteroatoms. The molecule has 8 aromatic rings. The van der Waals surface area contributed by atoms with Gasteiger partial charge in [-0.05, 0) is 89.8 Å². The molecule has 0 unspecified atom stereocenters. The molecule has 0 aliphatic carbocycles. The zero-order chi connectivity index (χ0) is 46.2. The van der Waals surface area contributed by atoms with Gasteiger partial charge in [0, 0.05) is 47.0 Å². The van der Waals surface area contributed by atoms with Crippen LogP contribution in [0.2, 0.25) is 0 Å². The summed E-state index contributed by atoms with van der Waals surface area (Å²) in [4.78, 5) is 4.84. The molecule has 332 valence electrons. The SMILES string of the molecule is CC(C)(C)c1cccc(-c2cccc3c2[N+](c2cc(C(C)(C)C)cc(C(C)(C)C)c2)=C=[N+]3c2[c-]c(Oc3[c-]c4c(cc3)c3c(C#N)cccc3n4-c3cc(C(C)(C)C)ccn3)ccc2)c1.[Pt+2]. The van der Waals surface area contributed by atoms with E-state index < -0.39 is 0 Å². The van der Waals surface area contributed by atoms with Gasteiger partial charge in [0.05, 0.1) is 11.6 Å². The zero-order valence-electron chi connectivity index (χ0n) is 40.1. The van der Waals surface area contributed by atoms with E-state index in [1.54, 1.807) is 0 Å². The second-order valence-electron chi connectivity index (χ2n) is 21.4. The number of fused-ring (bicyclic) bond motifs is 4. The number of hydrogen-bond acceptors (Lipinski definition) is 3. The third kappa shape index (κ3) is 8.60. The van der Waals surface area contributed by atoms with Gasteiger partial charge in [-0.2, -0.15) is 17.4 Å². The molecule has 0 spiro atoms. The minimum Gasteiger partial charge on any atom is -0.509 e. The Morgan fingerprint density at radius 2 is 1.26 bits per heavy atom. The fourth-order valence-electron chi connectivity index (χ4n) is 8.63. The van der Waals surface area contributed by atoms with Crippen molar-refractivity contribution in [1.29, 1.82) is 5.26 Å². The number of aromatic nitrogens is 2. The van der Waals surface area contributed by atoms with Crippen LogP contribution in [0.4, 0.5) is 22.7 Å². The maximum atomic E-state index is 10.2. The van der Waals surface area contributed by atoms with Gasteiger partial charge in [0.2, 0.25) is 5.69 Å². The number of ether oxygens (including phenoxy) is 1. The predicted molar refractivity (Wildman–Crippen MR) is 269 cm³/mol. The smallest absolute Gasteiger partial charge is 0.509 e. The van der Waals surface area contributed by atoms with E-state index in [0.717, 1.165) is 67.1 Å². The summed E-state index contributed by atoms with van der Waals surface area (Å²) >= 11 is 0. The van der Waals surface area contributed by atoms with Crippen molar-refractivity contribution in [2.45, 2.75) is 105 Å². The van der Waals surface area contributed by atoms with Crippen molar-refractivity contribution in [3.05, 3.63) is 167 Å². The number of nitrogens with zero attached hydrogens (tertiary/aromatic N) is 5. The van der Waals surface area contributed by atoms with Gasteiger partial charge in [-0.1, -0.05) is 148 Å². The maximum Gasteiger partial charge on any atom is 2.00 e. The van der Waals surface area contributed by atoms with Crippen LogP contribution in [0.3, 0.4) is 0 Å². The second kappa shape index (κ2) is 16.8. The molecule has 6 aromatic carbocycles. The van der Waals surface area contributed by atoms with Crippen molar-refractivity contribution in [2.24, 2.45) is 0 Å². The molecule has 0 saturated heterocycles. The Hall–Kier alpha value is -6.37. The van der Waals surface area contributed by atoms with Crippen LogP contribution >= 0.6 is 0 Å². The summed E-state index contributed by atoms with van der Waals surface area (Å²) in [6, 6.07) is 55.8. The number of rotatable bonds is 6. The molecule has 0 saturated carbocycles. The summed E-state index contributed by atoms with van der Waals surface area (Å²) in [5.74, 6) is 1.81. The first-order chi connectivity index (χ1) is 30.7. The second-order valence-corrected chi connectivity index (χ2v) is 21.4. The first kappa shape index (κ1) is 46.2. The molecule has 0 bridgehead atoms. The quantitative estimate of drug-likeness (QED) is 0.123. The molecule has 0 atom stereocenters. The van der Waals surface area contributed by atoms with Gasteiger partial charge in [0.1, 0.15) is 11.5 Å². The number of pyridine rings is 1. The Bertz CT molecular complexity index is 3300. The van der Waals surface area contributed by atoms with E-state index in [-0.39, 0.29) is 42.7 Å². The Labute approximate surface area is 404 Å². The van der Waals surface area contributed by atoms with Gasteiger partial charge in [-0.3, -0.25) is 0 Å². The molecule has 0 N–H and O–H groups in total. The Kier molecular flexibility index (Phi) is 11.8. The summed E-state index contributed by atoms with van der Waals surface area (Å²) < 4.78 is 13.1. The first-order valence-corrected chi connectivity index (χ1v) is 22.5. The Balaban J connectivity index is 0.00000592. The molecule has 66 heavy (non-hydrogen) atoms. The van der Waals surface area contributed by atoms with Crippen LogP contribution in [-0.2, 0) is 42.7 Å². The number of hydrogen-bond donors (Lipinski definition) is 0. The molecule has 9 rings (SSSR count). The van der Waals surface area contributed by atoms with E-state index in [1.807, 2.05) is 54.7 Å². The van der Waals surface area contributed by atoms with Gasteiger partial charge in [-0.25, -0.2) is 4.98 Å². The van der Waals surface area contributed by atoms with Crippen molar-refractivity contribution in [1.82, 2.24) is 18.7 Å². The molecule has 3 heterocycles. The summed E-state index contributed by atoms with van der Waals surface area (Å²) in [6.07, 6.45) is 1.85. The number of benzene rings is 6. The van der Waals surface area contributed by atoms with Crippen LogP contribution in [0.25, 0.3) is 38.8 Å². The minimum atomic E-state index is -0.0838. The van der Waals surface area contributed by atoms with Crippen LogP contribution in [0, 0.1) is 23.5 Å². The van der Waals surface area contributed by atoms with Crippen molar-refractivity contribution in [3.63, 3.8) is 0 Å². The number of para-hydroxylation sites is 1. The van der Waals surface area contributed by atoms with E-state index in [9.17, 15) is 5.26 Å². The van der Waals surface area contributed by atoms with Crippen molar-refractivity contribution >= 4 is 50.6 Å². The van der Waals surface area contributed by atoms with Gasteiger partial charge in [-0.15, -0.1) is 23.6 Å². The summed E-state index contributed by atoms with van der Waals surface area (Å²) in [5.41, 5.74) is 13.1. The monoisotopic (exact) mass is 1050 g/mol. The molecule has 6 nitrogen and oxygen atoms in total. The molecular formula is C59H57N5OPt+2. The summed E-state index contributed by atoms with van der Waals surface area (Å²) in [7, 11) is 0. The Morgan fingerprint density at radius 1 is 0.621 bits per heavy atom. The molecular weight excluding hydrogens is 990 g/mol. The third-order valence-electron chi connectivity index (χ3n) is 12.5. The third-order valence-corrected chi connectivity index (χ3v) is 12.5. The van der Waals surface area contributed by atoms with Crippen LogP contribution in [0.15, 0.2) is 128 Å². The van der Waals surface area contributed by atoms with Crippen LogP contribution in [0.1, 0.15) is 111 Å². The fourth-order valence-corrected chi connectivity index (χ4v) is 8.63. The zero-order valence-corrected chi connectivity index (χ0v) is 42.4. The molecule has 0 radical (unpaired) electrons. The fraction of sp³-hybridized carbons (Fsp3) is 0.271. The minimum absolute atomic E-state index is 0. The van der Waals surface area contributed by atoms with E-state index in [0.29, 0.717) is 17.1 Å². The number of nitriles is 1. The Morgan fingerprint density at radius 3 is 1.94 bits per heavy atom. The molecule has 1 aliphatic rings. The standard InChI is InChI=1S/C59H57N5O.Pt/c1-56(2,3)40-19-13-17-38(29-40)48-22-16-24-51-55(48)63(45-31-42(58(7,8)9)30-43(32-45)59(10,11)12)37-62(51)44-20-15-21-46(34-44)65-47-25-26-49-52(35-47)64(50-23-14-18-39(36-60)54(49)50)53-33-41(27-28-61-53)57(4,5)6;/h13-33H,1-12H3;/q;+2. The average molecular weight is 1050 g/mol. The molecule has 1 aliphatic heterocycles. The van der Waals surface area contributed by atoms with E-state index in [1.165, 1.54) is 16.7 Å². The van der Waals surface area contributed by atoms with Crippen LogP contribution in [0.5, 0.6) is 11.5 Å². The van der Waals surface area contributed by atoms with Gasteiger partial charge >= 0.3 is 32.8 Å². The molecule has 0 fully saturated rings. The van der Waals surface area contributed by atoms with Crippen molar-refractivity contribution < 1.29 is 25.8 Å². The van der Waals surface area contributed by atoms with E-state index in [2.05, 4.69) is 194 Å². The average Bonchev–Trinajstić information content (AvgIpc) is 3.82. The van der Waals surface area contributed by atoms with Crippen LogP contribution in [-0.4, -0.2) is 15.6 Å². The van der Waals surface area contributed by atoms with Gasteiger partial charge in [0.15, 0.2) is 0 Å². The predicted octanol–water partition coefficient (Wildman–Crippen LogP) is 15.2. The van der Waals surface area contributed by atoms with Crippen molar-refractivity contribution in [3.8, 4) is 34.5 Å². The summed E-state index contributed by atoms with van der Waals surface area (Å²) in [6.45, 7) is 27.0. The normalized spacial score (nSPS) is 13.0. The largest absolute Gasteiger partial charge is 2.00 e. The van der Waals surface area contributed by atoms with Gasteiger partial charge < -0.3 is 9.30 Å². The first-order valence-electron chi connectivity index (χ1n) is 22.5. The van der Waals surface area contributed by atoms with Crippen LogP contribution < -0.4 is 13.9 Å². The topological polar surface area (TPSA) is 56.9 Å². The maximum absolute atomic E-state index is 10.2. The summed E-state index contributed by atoms with van der Waals surface area (Å²) in [5, 5.41) is 12.0.